The summed E-state index contributed by atoms with van der Waals surface area (Å²) in [6.07, 6.45) is -2.96. The molecule has 1 aromatic heterocycles. The van der Waals surface area contributed by atoms with Crippen LogP contribution in [0.25, 0.3) is 0 Å². The lowest BCUT2D eigenvalue weighted by atomic mass is 9.98. The number of carbonyl (C=O) groups is 1. The SMILES string of the molecule is Cc1nn(CC(C)C)c(C)c1CC(=O)N1CCCc2cc(C(F)(F)F)ccc21. The Balaban J connectivity index is 1.85. The maximum absolute atomic E-state index is 13.0. The summed E-state index contributed by atoms with van der Waals surface area (Å²) in [5, 5.41) is 4.55. The van der Waals surface area contributed by atoms with Crippen LogP contribution in [0.1, 0.15) is 48.3 Å². The number of alkyl halides is 3. The summed E-state index contributed by atoms with van der Waals surface area (Å²) in [6.45, 7) is 9.39. The van der Waals surface area contributed by atoms with E-state index >= 15 is 0 Å². The first kappa shape index (κ1) is 20.4. The number of hydrogen-bond donors (Lipinski definition) is 0. The van der Waals surface area contributed by atoms with Gasteiger partial charge in [-0.1, -0.05) is 13.8 Å². The van der Waals surface area contributed by atoms with Crippen molar-refractivity contribution in [3.63, 3.8) is 0 Å². The molecule has 1 aliphatic rings. The molecule has 7 heteroatoms. The van der Waals surface area contributed by atoms with Crippen molar-refractivity contribution in [3.8, 4) is 0 Å². The second-order valence-corrected chi connectivity index (χ2v) is 7.89. The molecule has 0 radical (unpaired) electrons. The summed E-state index contributed by atoms with van der Waals surface area (Å²) >= 11 is 0. The summed E-state index contributed by atoms with van der Waals surface area (Å²) in [4.78, 5) is 14.6. The van der Waals surface area contributed by atoms with Crippen LogP contribution in [0, 0.1) is 19.8 Å². The summed E-state index contributed by atoms with van der Waals surface area (Å²) in [5.41, 5.74) is 3.22. The number of amides is 1. The summed E-state index contributed by atoms with van der Waals surface area (Å²) in [7, 11) is 0. The van der Waals surface area contributed by atoms with E-state index in [0.29, 0.717) is 36.6 Å². The molecule has 3 rings (SSSR count). The van der Waals surface area contributed by atoms with Crippen LogP contribution in [0.2, 0.25) is 0 Å². The molecular formula is C21H26F3N3O. The maximum atomic E-state index is 13.0. The van der Waals surface area contributed by atoms with Gasteiger partial charge < -0.3 is 4.90 Å². The molecular weight excluding hydrogens is 367 g/mol. The monoisotopic (exact) mass is 393 g/mol. The molecule has 1 aliphatic heterocycles. The van der Waals surface area contributed by atoms with E-state index in [1.54, 1.807) is 4.90 Å². The Morgan fingerprint density at radius 3 is 2.61 bits per heavy atom. The van der Waals surface area contributed by atoms with E-state index in [1.807, 2.05) is 18.5 Å². The van der Waals surface area contributed by atoms with Gasteiger partial charge in [-0.05, 0) is 56.4 Å². The molecule has 0 saturated carbocycles. The standard InChI is InChI=1S/C21H26F3N3O/c1-13(2)12-27-15(4)18(14(3)25-27)11-20(28)26-9-5-6-16-10-17(21(22,23)24)7-8-19(16)26/h7-8,10,13H,5-6,9,11-12H2,1-4H3. The highest BCUT2D eigenvalue weighted by Crippen LogP contribution is 2.35. The van der Waals surface area contributed by atoms with Crippen molar-refractivity contribution < 1.29 is 18.0 Å². The predicted molar refractivity (Wildman–Crippen MR) is 102 cm³/mol. The molecule has 4 nitrogen and oxygen atoms in total. The van der Waals surface area contributed by atoms with E-state index in [0.717, 1.165) is 29.6 Å². The maximum Gasteiger partial charge on any atom is 0.416 e. The Morgan fingerprint density at radius 1 is 1.25 bits per heavy atom. The Labute approximate surface area is 163 Å². The van der Waals surface area contributed by atoms with Crippen LogP contribution >= 0.6 is 0 Å². The van der Waals surface area contributed by atoms with Gasteiger partial charge in [0.1, 0.15) is 0 Å². The molecule has 28 heavy (non-hydrogen) atoms. The number of aryl methyl sites for hydroxylation is 2. The summed E-state index contributed by atoms with van der Waals surface area (Å²) in [5.74, 6) is 0.342. The fourth-order valence-corrected chi connectivity index (χ4v) is 3.79. The van der Waals surface area contributed by atoms with Gasteiger partial charge in [-0.2, -0.15) is 18.3 Å². The molecule has 0 atom stereocenters. The third kappa shape index (κ3) is 4.08. The van der Waals surface area contributed by atoms with Gasteiger partial charge in [0.25, 0.3) is 0 Å². The number of halogens is 3. The van der Waals surface area contributed by atoms with Crippen LogP contribution in [0.15, 0.2) is 18.2 Å². The van der Waals surface area contributed by atoms with E-state index in [2.05, 4.69) is 18.9 Å². The number of hydrogen-bond acceptors (Lipinski definition) is 2. The molecule has 1 amide bonds. The quantitative estimate of drug-likeness (QED) is 0.755. The smallest absolute Gasteiger partial charge is 0.312 e. The number of benzene rings is 1. The van der Waals surface area contributed by atoms with Crippen molar-refractivity contribution in [1.82, 2.24) is 9.78 Å². The molecule has 0 saturated heterocycles. The third-order valence-corrected chi connectivity index (χ3v) is 5.22. The van der Waals surface area contributed by atoms with Crippen molar-refractivity contribution in [3.05, 3.63) is 46.3 Å². The average molecular weight is 393 g/mol. The van der Waals surface area contributed by atoms with E-state index in [4.69, 9.17) is 0 Å². The average Bonchev–Trinajstić information content (AvgIpc) is 2.86. The Hall–Kier alpha value is -2.31. The fraction of sp³-hybridized carbons (Fsp3) is 0.524. The molecule has 0 unspecified atom stereocenters. The molecule has 2 heterocycles. The van der Waals surface area contributed by atoms with Crippen molar-refractivity contribution >= 4 is 11.6 Å². The summed E-state index contributed by atoms with van der Waals surface area (Å²) < 4.78 is 40.9. The number of rotatable bonds is 4. The number of anilines is 1. The second-order valence-electron chi connectivity index (χ2n) is 7.89. The number of fused-ring (bicyclic) bond motifs is 1. The lowest BCUT2D eigenvalue weighted by molar-refractivity contribution is -0.137. The first-order chi connectivity index (χ1) is 13.1. The van der Waals surface area contributed by atoms with Crippen LogP contribution in [0.3, 0.4) is 0 Å². The second kappa shape index (κ2) is 7.60. The minimum absolute atomic E-state index is 0.101. The minimum atomic E-state index is -4.37. The zero-order chi connectivity index (χ0) is 20.6. The van der Waals surface area contributed by atoms with Gasteiger partial charge in [0.15, 0.2) is 0 Å². The lowest BCUT2D eigenvalue weighted by Crippen LogP contribution is -2.36. The number of nitrogens with zero attached hydrogens (tertiary/aromatic N) is 3. The van der Waals surface area contributed by atoms with Crippen LogP contribution in [0.5, 0.6) is 0 Å². The first-order valence-corrected chi connectivity index (χ1v) is 9.61. The van der Waals surface area contributed by atoms with Crippen LogP contribution in [0.4, 0.5) is 18.9 Å². The highest BCUT2D eigenvalue weighted by molar-refractivity contribution is 5.96. The van der Waals surface area contributed by atoms with Gasteiger partial charge in [-0.3, -0.25) is 9.48 Å². The Morgan fingerprint density at radius 2 is 1.96 bits per heavy atom. The van der Waals surface area contributed by atoms with Crippen molar-refractivity contribution in [2.24, 2.45) is 5.92 Å². The van der Waals surface area contributed by atoms with Gasteiger partial charge >= 0.3 is 6.18 Å². The predicted octanol–water partition coefficient (Wildman–Crippen LogP) is 4.70. The van der Waals surface area contributed by atoms with Crippen LogP contribution in [-0.4, -0.2) is 22.2 Å². The molecule has 0 fully saturated rings. The van der Waals surface area contributed by atoms with Gasteiger partial charge in [0.05, 0.1) is 17.7 Å². The van der Waals surface area contributed by atoms with Gasteiger partial charge in [-0.25, -0.2) is 0 Å². The van der Waals surface area contributed by atoms with Gasteiger partial charge in [-0.15, -0.1) is 0 Å². The normalized spacial score (nSPS) is 14.5. The molecule has 0 aliphatic carbocycles. The Kier molecular flexibility index (Phi) is 5.55. The van der Waals surface area contributed by atoms with Gasteiger partial charge in [0, 0.05) is 30.0 Å². The van der Waals surface area contributed by atoms with Crippen molar-refractivity contribution in [1.29, 1.82) is 0 Å². The third-order valence-electron chi connectivity index (χ3n) is 5.22. The highest BCUT2D eigenvalue weighted by Gasteiger charge is 2.33. The Bertz CT molecular complexity index is 884. The van der Waals surface area contributed by atoms with E-state index in [-0.39, 0.29) is 12.3 Å². The largest absolute Gasteiger partial charge is 0.416 e. The lowest BCUT2D eigenvalue weighted by Gasteiger charge is -2.30. The zero-order valence-corrected chi connectivity index (χ0v) is 16.7. The highest BCUT2D eigenvalue weighted by atomic mass is 19.4. The van der Waals surface area contributed by atoms with Gasteiger partial charge in [0.2, 0.25) is 5.91 Å². The van der Waals surface area contributed by atoms with E-state index in [1.165, 1.54) is 12.1 Å². The fourth-order valence-electron chi connectivity index (χ4n) is 3.79. The van der Waals surface area contributed by atoms with Crippen LogP contribution < -0.4 is 4.90 Å². The molecule has 1 aromatic carbocycles. The molecule has 0 N–H and O–H groups in total. The topological polar surface area (TPSA) is 38.1 Å². The van der Waals surface area contributed by atoms with E-state index < -0.39 is 11.7 Å². The van der Waals surface area contributed by atoms with E-state index in [9.17, 15) is 18.0 Å². The van der Waals surface area contributed by atoms with Crippen LogP contribution in [-0.2, 0) is 30.4 Å². The number of aromatic nitrogens is 2. The number of carbonyl (C=O) groups excluding carboxylic acids is 1. The molecule has 152 valence electrons. The molecule has 0 spiro atoms. The zero-order valence-electron chi connectivity index (χ0n) is 16.7. The first-order valence-electron chi connectivity index (χ1n) is 9.61. The molecule has 2 aromatic rings. The van der Waals surface area contributed by atoms with Crippen molar-refractivity contribution in [2.75, 3.05) is 11.4 Å². The van der Waals surface area contributed by atoms with Crippen molar-refractivity contribution in [2.45, 2.75) is 59.7 Å². The minimum Gasteiger partial charge on any atom is -0.312 e. The molecule has 0 bridgehead atoms. The summed E-state index contributed by atoms with van der Waals surface area (Å²) in [6, 6.07) is 3.66.